The molecule has 19 heavy (non-hydrogen) atoms. The van der Waals surface area contributed by atoms with E-state index in [2.05, 4.69) is 16.1 Å². The first-order valence-electron chi connectivity index (χ1n) is 7.16. The number of nitrogens with zero attached hydrogens (tertiary/aromatic N) is 2. The van der Waals surface area contributed by atoms with Gasteiger partial charge in [-0.15, -0.1) is 0 Å². The van der Waals surface area contributed by atoms with E-state index in [1.807, 2.05) is 0 Å². The molecule has 2 aliphatic carbocycles. The van der Waals surface area contributed by atoms with Crippen LogP contribution in [0.25, 0.3) is 0 Å². The standard InChI is InChI=1S/C15H20N2O2/c18-11-16-15(17-12-19)8-6-14(7-9-15)10-13-4-2-1-3-5-13/h10,13H,1-9H2. The number of isocyanates is 2. The summed E-state index contributed by atoms with van der Waals surface area (Å²) in [6, 6.07) is 0. The van der Waals surface area contributed by atoms with Crippen LogP contribution < -0.4 is 0 Å². The summed E-state index contributed by atoms with van der Waals surface area (Å²) in [5.41, 5.74) is 0.553. The first kappa shape index (κ1) is 13.9. The lowest BCUT2D eigenvalue weighted by Crippen LogP contribution is -2.27. The van der Waals surface area contributed by atoms with Crippen LogP contribution in [0, 0.1) is 5.92 Å². The monoisotopic (exact) mass is 260 g/mol. The van der Waals surface area contributed by atoms with Crippen LogP contribution in [0.4, 0.5) is 0 Å². The number of carbonyl (C=O) groups excluding carboxylic acids is 2. The Morgan fingerprint density at radius 3 is 2.11 bits per heavy atom. The summed E-state index contributed by atoms with van der Waals surface area (Å²) >= 11 is 0. The summed E-state index contributed by atoms with van der Waals surface area (Å²) < 4.78 is 0. The van der Waals surface area contributed by atoms with E-state index in [9.17, 15) is 9.59 Å². The summed E-state index contributed by atoms with van der Waals surface area (Å²) in [6.07, 6.45) is 15.1. The number of rotatable bonds is 3. The zero-order chi connectivity index (χ0) is 13.6. The highest BCUT2D eigenvalue weighted by Gasteiger charge is 2.33. The van der Waals surface area contributed by atoms with Gasteiger partial charge in [0.2, 0.25) is 12.2 Å². The Bertz CT molecular complexity index is 407. The van der Waals surface area contributed by atoms with E-state index < -0.39 is 5.66 Å². The number of aliphatic imine (C=N–C) groups is 2. The second-order valence-electron chi connectivity index (χ2n) is 5.61. The van der Waals surface area contributed by atoms with Crippen molar-refractivity contribution in [3.05, 3.63) is 11.6 Å². The highest BCUT2D eigenvalue weighted by atomic mass is 16.1. The third-order valence-electron chi connectivity index (χ3n) is 4.32. The Kier molecular flexibility index (Phi) is 4.84. The van der Waals surface area contributed by atoms with Gasteiger partial charge >= 0.3 is 0 Å². The molecule has 0 spiro atoms. The van der Waals surface area contributed by atoms with Crippen LogP contribution in [-0.4, -0.2) is 17.8 Å². The maximum Gasteiger partial charge on any atom is 0.237 e. The molecule has 0 N–H and O–H groups in total. The smallest absolute Gasteiger partial charge is 0.211 e. The quantitative estimate of drug-likeness (QED) is 0.443. The number of allylic oxidation sites excluding steroid dienone is 2. The van der Waals surface area contributed by atoms with Gasteiger partial charge in [-0.05, 0) is 44.4 Å². The van der Waals surface area contributed by atoms with E-state index in [1.165, 1.54) is 37.7 Å². The lowest BCUT2D eigenvalue weighted by molar-refractivity contribution is 0.343. The van der Waals surface area contributed by atoms with E-state index in [-0.39, 0.29) is 0 Å². The molecule has 0 heterocycles. The normalized spacial score (nSPS) is 28.1. The summed E-state index contributed by atoms with van der Waals surface area (Å²) in [6.45, 7) is 0. The van der Waals surface area contributed by atoms with Crippen molar-refractivity contribution < 1.29 is 9.59 Å². The fraction of sp³-hybridized carbons (Fsp3) is 0.733. The minimum atomic E-state index is -0.882. The predicted molar refractivity (Wildman–Crippen MR) is 72.1 cm³/mol. The molecule has 0 saturated heterocycles. The Labute approximate surface area is 113 Å². The third-order valence-corrected chi connectivity index (χ3v) is 4.32. The SMILES string of the molecule is O=C=NC1(N=C=O)CCC(=CC2CCCCC2)CC1. The maximum atomic E-state index is 10.5. The van der Waals surface area contributed by atoms with Crippen molar-refractivity contribution in [3.63, 3.8) is 0 Å². The molecule has 2 fully saturated rings. The van der Waals surface area contributed by atoms with E-state index in [4.69, 9.17) is 0 Å². The van der Waals surface area contributed by atoms with E-state index in [0.29, 0.717) is 12.8 Å². The van der Waals surface area contributed by atoms with Gasteiger partial charge in [0.15, 0.2) is 5.66 Å². The maximum absolute atomic E-state index is 10.5. The molecule has 0 aliphatic heterocycles. The molecule has 0 aromatic heterocycles. The van der Waals surface area contributed by atoms with Gasteiger partial charge in [0, 0.05) is 0 Å². The van der Waals surface area contributed by atoms with Crippen LogP contribution in [0.1, 0.15) is 57.8 Å². The molecule has 4 heteroatoms. The van der Waals surface area contributed by atoms with Crippen molar-refractivity contribution in [2.75, 3.05) is 0 Å². The third kappa shape index (κ3) is 3.73. The second-order valence-corrected chi connectivity index (χ2v) is 5.61. The van der Waals surface area contributed by atoms with Gasteiger partial charge in [0.25, 0.3) is 0 Å². The van der Waals surface area contributed by atoms with E-state index in [1.54, 1.807) is 12.2 Å². The minimum absolute atomic E-state index is 0.621. The van der Waals surface area contributed by atoms with Crippen LogP contribution in [0.3, 0.4) is 0 Å². The van der Waals surface area contributed by atoms with Crippen molar-refractivity contribution >= 4 is 12.2 Å². The molecular weight excluding hydrogens is 240 g/mol. The van der Waals surface area contributed by atoms with Gasteiger partial charge in [-0.2, -0.15) is 9.98 Å². The summed E-state index contributed by atoms with van der Waals surface area (Å²) in [5, 5.41) is 0. The van der Waals surface area contributed by atoms with Gasteiger partial charge in [-0.3, -0.25) is 0 Å². The predicted octanol–water partition coefficient (Wildman–Crippen LogP) is 3.44. The molecule has 4 nitrogen and oxygen atoms in total. The van der Waals surface area contributed by atoms with Crippen molar-refractivity contribution in [1.29, 1.82) is 0 Å². The highest BCUT2D eigenvalue weighted by Crippen LogP contribution is 2.37. The van der Waals surface area contributed by atoms with Crippen LogP contribution in [0.5, 0.6) is 0 Å². The summed E-state index contributed by atoms with van der Waals surface area (Å²) in [5.74, 6) is 0.723. The van der Waals surface area contributed by atoms with Gasteiger partial charge < -0.3 is 0 Å². The molecule has 0 aromatic rings. The summed E-state index contributed by atoms with van der Waals surface area (Å²) in [7, 11) is 0. The minimum Gasteiger partial charge on any atom is -0.211 e. The highest BCUT2D eigenvalue weighted by molar-refractivity contribution is 5.39. The van der Waals surface area contributed by atoms with Crippen LogP contribution in [-0.2, 0) is 9.59 Å². The molecule has 0 atom stereocenters. The molecular formula is C15H20N2O2. The Morgan fingerprint density at radius 2 is 1.58 bits per heavy atom. The molecule has 2 saturated carbocycles. The molecule has 0 amide bonds. The Balaban J connectivity index is 1.98. The number of hydrogen-bond donors (Lipinski definition) is 0. The van der Waals surface area contributed by atoms with Gasteiger partial charge in [-0.25, -0.2) is 9.59 Å². The van der Waals surface area contributed by atoms with Crippen LogP contribution >= 0.6 is 0 Å². The molecule has 0 bridgehead atoms. The average molecular weight is 260 g/mol. The van der Waals surface area contributed by atoms with Gasteiger partial charge in [-0.1, -0.05) is 30.9 Å². The Hall–Kier alpha value is -1.50. The van der Waals surface area contributed by atoms with Crippen molar-refractivity contribution in [2.24, 2.45) is 15.9 Å². The first-order valence-corrected chi connectivity index (χ1v) is 7.16. The molecule has 0 aromatic carbocycles. The van der Waals surface area contributed by atoms with Crippen molar-refractivity contribution in [1.82, 2.24) is 0 Å². The lowest BCUT2D eigenvalue weighted by Gasteiger charge is -2.29. The van der Waals surface area contributed by atoms with E-state index >= 15 is 0 Å². The average Bonchev–Trinajstić information content (AvgIpc) is 2.43. The fourth-order valence-corrected chi connectivity index (χ4v) is 3.19. The number of hydrogen-bond acceptors (Lipinski definition) is 4. The molecule has 2 rings (SSSR count). The van der Waals surface area contributed by atoms with Gasteiger partial charge in [0.1, 0.15) is 0 Å². The molecule has 0 radical (unpaired) electrons. The van der Waals surface area contributed by atoms with Crippen molar-refractivity contribution in [3.8, 4) is 0 Å². The molecule has 102 valence electrons. The zero-order valence-electron chi connectivity index (χ0n) is 11.2. The second kappa shape index (κ2) is 6.60. The van der Waals surface area contributed by atoms with Crippen LogP contribution in [0.2, 0.25) is 0 Å². The van der Waals surface area contributed by atoms with Gasteiger partial charge in [0.05, 0.1) is 0 Å². The fourth-order valence-electron chi connectivity index (χ4n) is 3.19. The first-order chi connectivity index (χ1) is 9.28. The zero-order valence-corrected chi connectivity index (χ0v) is 11.2. The van der Waals surface area contributed by atoms with Crippen LogP contribution in [0.15, 0.2) is 21.6 Å². The molecule has 2 aliphatic rings. The Morgan fingerprint density at radius 1 is 1.00 bits per heavy atom. The van der Waals surface area contributed by atoms with Crippen molar-refractivity contribution in [2.45, 2.75) is 63.5 Å². The van der Waals surface area contributed by atoms with E-state index in [0.717, 1.165) is 18.8 Å². The molecule has 0 unspecified atom stereocenters. The lowest BCUT2D eigenvalue weighted by atomic mass is 9.82. The topological polar surface area (TPSA) is 58.9 Å². The largest absolute Gasteiger partial charge is 0.237 e. The summed E-state index contributed by atoms with van der Waals surface area (Å²) in [4.78, 5) is 28.4.